The van der Waals surface area contributed by atoms with E-state index >= 15 is 0 Å². The highest BCUT2D eigenvalue weighted by molar-refractivity contribution is 5.62. The Morgan fingerprint density at radius 3 is 2.65 bits per heavy atom. The first-order valence-electron chi connectivity index (χ1n) is 5.01. The highest BCUT2D eigenvalue weighted by Crippen LogP contribution is 2.32. The number of hydrogen-bond acceptors (Lipinski definition) is 6. The maximum atomic E-state index is 9.42. The lowest BCUT2D eigenvalue weighted by Crippen LogP contribution is -2.01. The first-order chi connectivity index (χ1) is 8.08. The van der Waals surface area contributed by atoms with E-state index in [1.165, 1.54) is 6.07 Å². The summed E-state index contributed by atoms with van der Waals surface area (Å²) in [6, 6.07) is 4.82. The van der Waals surface area contributed by atoms with Gasteiger partial charge in [0.1, 0.15) is 11.4 Å². The minimum atomic E-state index is -0.0423. The molecule has 0 atom stereocenters. The summed E-state index contributed by atoms with van der Waals surface area (Å²) in [5.74, 6) is 0.259. The van der Waals surface area contributed by atoms with Crippen molar-refractivity contribution in [1.82, 2.24) is 15.2 Å². The van der Waals surface area contributed by atoms with Crippen LogP contribution in [0.1, 0.15) is 11.4 Å². The molecule has 0 spiro atoms. The molecular weight excluding hydrogens is 220 g/mol. The first kappa shape index (κ1) is 11.1. The SMILES string of the molecule is Cc1nnc(Oc2cccc(O)c2N)nc1C. The van der Waals surface area contributed by atoms with Crippen molar-refractivity contribution in [2.45, 2.75) is 13.8 Å². The highest BCUT2D eigenvalue weighted by atomic mass is 16.5. The van der Waals surface area contributed by atoms with Crippen molar-refractivity contribution < 1.29 is 9.84 Å². The summed E-state index contributed by atoms with van der Waals surface area (Å²) >= 11 is 0. The molecule has 0 aliphatic rings. The second-order valence-electron chi connectivity index (χ2n) is 3.56. The van der Waals surface area contributed by atoms with Crippen LogP contribution in [0.2, 0.25) is 0 Å². The summed E-state index contributed by atoms with van der Waals surface area (Å²) < 4.78 is 5.36. The van der Waals surface area contributed by atoms with E-state index in [4.69, 9.17) is 10.5 Å². The Balaban J connectivity index is 2.31. The monoisotopic (exact) mass is 232 g/mol. The zero-order valence-electron chi connectivity index (χ0n) is 9.51. The third-order valence-corrected chi connectivity index (χ3v) is 2.32. The van der Waals surface area contributed by atoms with Crippen LogP contribution in [-0.4, -0.2) is 20.3 Å². The maximum Gasteiger partial charge on any atom is 0.341 e. The van der Waals surface area contributed by atoms with Crippen LogP contribution in [0.25, 0.3) is 0 Å². The molecule has 0 radical (unpaired) electrons. The van der Waals surface area contributed by atoms with Crippen molar-refractivity contribution in [3.63, 3.8) is 0 Å². The normalized spacial score (nSPS) is 10.2. The Morgan fingerprint density at radius 2 is 1.94 bits per heavy atom. The molecule has 3 N–H and O–H groups in total. The first-order valence-corrected chi connectivity index (χ1v) is 5.01. The van der Waals surface area contributed by atoms with Crippen molar-refractivity contribution >= 4 is 5.69 Å². The van der Waals surface area contributed by atoms with E-state index in [0.29, 0.717) is 5.75 Å². The van der Waals surface area contributed by atoms with Crippen molar-refractivity contribution in [1.29, 1.82) is 0 Å². The van der Waals surface area contributed by atoms with Gasteiger partial charge in [0.05, 0.1) is 11.4 Å². The average Bonchev–Trinajstić information content (AvgIpc) is 2.30. The summed E-state index contributed by atoms with van der Waals surface area (Å²) in [7, 11) is 0. The second kappa shape index (κ2) is 4.25. The van der Waals surface area contributed by atoms with Gasteiger partial charge in [-0.1, -0.05) is 11.2 Å². The third-order valence-electron chi connectivity index (χ3n) is 2.32. The topological polar surface area (TPSA) is 94.2 Å². The molecule has 6 nitrogen and oxygen atoms in total. The number of nitrogens with two attached hydrogens (primary N) is 1. The number of nitrogens with zero attached hydrogens (tertiary/aromatic N) is 3. The zero-order valence-corrected chi connectivity index (χ0v) is 9.51. The predicted octanol–water partition coefficient (Wildman–Crippen LogP) is 1.57. The number of nitrogen functional groups attached to an aromatic ring is 1. The summed E-state index contributed by atoms with van der Waals surface area (Å²) in [5, 5.41) is 17.1. The van der Waals surface area contributed by atoms with E-state index in [9.17, 15) is 5.11 Å². The number of phenolic OH excluding ortho intramolecular Hbond substituents is 1. The van der Waals surface area contributed by atoms with Gasteiger partial charge in [-0.3, -0.25) is 0 Å². The average molecular weight is 232 g/mol. The predicted molar refractivity (Wildman–Crippen MR) is 61.9 cm³/mol. The molecule has 0 saturated heterocycles. The summed E-state index contributed by atoms with van der Waals surface area (Å²) in [5.41, 5.74) is 7.26. The van der Waals surface area contributed by atoms with Crippen molar-refractivity contribution in [3.05, 3.63) is 29.6 Å². The van der Waals surface area contributed by atoms with Crippen molar-refractivity contribution in [2.24, 2.45) is 0 Å². The number of hydrogen-bond donors (Lipinski definition) is 2. The molecule has 2 rings (SSSR count). The van der Waals surface area contributed by atoms with Crippen LogP contribution >= 0.6 is 0 Å². The van der Waals surface area contributed by atoms with Crippen molar-refractivity contribution in [3.8, 4) is 17.5 Å². The Bertz CT molecular complexity index is 557. The minimum absolute atomic E-state index is 0.0423. The number of aromatic nitrogens is 3. The Labute approximate surface area is 98.1 Å². The van der Waals surface area contributed by atoms with E-state index in [0.717, 1.165) is 11.4 Å². The summed E-state index contributed by atoms with van der Waals surface area (Å²) in [6.07, 6.45) is 0. The Kier molecular flexibility index (Phi) is 2.78. The molecule has 0 aliphatic carbocycles. The lowest BCUT2D eigenvalue weighted by molar-refractivity contribution is 0.425. The molecule has 6 heteroatoms. The fraction of sp³-hybridized carbons (Fsp3) is 0.182. The van der Waals surface area contributed by atoms with Gasteiger partial charge >= 0.3 is 6.01 Å². The van der Waals surface area contributed by atoms with Gasteiger partial charge in [0.25, 0.3) is 0 Å². The maximum absolute atomic E-state index is 9.42. The molecule has 2 aromatic rings. The van der Waals surface area contributed by atoms with E-state index in [1.54, 1.807) is 12.1 Å². The Hall–Kier alpha value is -2.37. The fourth-order valence-electron chi connectivity index (χ4n) is 1.20. The molecule has 0 fully saturated rings. The van der Waals surface area contributed by atoms with Crippen LogP contribution in [0.5, 0.6) is 17.5 Å². The second-order valence-corrected chi connectivity index (χ2v) is 3.56. The lowest BCUT2D eigenvalue weighted by Gasteiger charge is -2.07. The summed E-state index contributed by atoms with van der Waals surface area (Å²) in [6.45, 7) is 3.62. The van der Waals surface area contributed by atoms with Crippen LogP contribution < -0.4 is 10.5 Å². The highest BCUT2D eigenvalue weighted by Gasteiger charge is 2.09. The quantitative estimate of drug-likeness (QED) is 0.603. The van der Waals surface area contributed by atoms with Gasteiger partial charge in [-0.05, 0) is 26.0 Å². The van der Waals surface area contributed by atoms with E-state index in [2.05, 4.69) is 15.2 Å². The van der Waals surface area contributed by atoms with Crippen LogP contribution in [0, 0.1) is 13.8 Å². The third kappa shape index (κ3) is 2.25. The number of benzene rings is 1. The van der Waals surface area contributed by atoms with Crippen LogP contribution in [0.3, 0.4) is 0 Å². The molecule has 0 unspecified atom stereocenters. The van der Waals surface area contributed by atoms with Gasteiger partial charge in [-0.15, -0.1) is 5.10 Å². The number of para-hydroxylation sites is 1. The molecule has 0 amide bonds. The molecule has 88 valence electrons. The van der Waals surface area contributed by atoms with Gasteiger partial charge < -0.3 is 15.6 Å². The number of rotatable bonds is 2. The largest absolute Gasteiger partial charge is 0.506 e. The van der Waals surface area contributed by atoms with Gasteiger partial charge in [-0.25, -0.2) is 0 Å². The number of aryl methyl sites for hydroxylation is 2. The van der Waals surface area contributed by atoms with Crippen LogP contribution in [0.4, 0.5) is 5.69 Å². The number of phenols is 1. The van der Waals surface area contributed by atoms with Crippen LogP contribution in [0.15, 0.2) is 18.2 Å². The molecule has 17 heavy (non-hydrogen) atoms. The van der Waals surface area contributed by atoms with E-state index in [-0.39, 0.29) is 17.4 Å². The standard InChI is InChI=1S/C11H12N4O2/c1-6-7(2)14-15-11(13-6)17-9-5-3-4-8(16)10(9)12/h3-5,16H,12H2,1-2H3. The van der Waals surface area contributed by atoms with Crippen LogP contribution in [-0.2, 0) is 0 Å². The molecule has 1 aromatic carbocycles. The Morgan fingerprint density at radius 1 is 1.18 bits per heavy atom. The van der Waals surface area contributed by atoms with Gasteiger partial charge in [0.2, 0.25) is 0 Å². The lowest BCUT2D eigenvalue weighted by atomic mass is 10.3. The van der Waals surface area contributed by atoms with Gasteiger partial charge in [-0.2, -0.15) is 4.98 Å². The molecule has 0 aliphatic heterocycles. The van der Waals surface area contributed by atoms with Crippen molar-refractivity contribution in [2.75, 3.05) is 5.73 Å². The minimum Gasteiger partial charge on any atom is -0.506 e. The zero-order chi connectivity index (χ0) is 12.4. The van der Waals surface area contributed by atoms with E-state index < -0.39 is 0 Å². The van der Waals surface area contributed by atoms with Gasteiger partial charge in [0, 0.05) is 0 Å². The molecular formula is C11H12N4O2. The summed E-state index contributed by atoms with van der Waals surface area (Å²) in [4.78, 5) is 4.11. The molecule has 1 aromatic heterocycles. The molecule has 1 heterocycles. The van der Waals surface area contributed by atoms with Gasteiger partial charge in [0.15, 0.2) is 5.75 Å². The number of ether oxygens (including phenoxy) is 1. The molecule has 0 bridgehead atoms. The smallest absolute Gasteiger partial charge is 0.341 e. The number of aromatic hydroxyl groups is 1. The number of anilines is 1. The van der Waals surface area contributed by atoms with E-state index in [1.807, 2.05) is 13.8 Å². The molecule has 0 saturated carbocycles. The fourth-order valence-corrected chi connectivity index (χ4v) is 1.20.